The van der Waals surface area contributed by atoms with E-state index in [0.29, 0.717) is 12.2 Å². The van der Waals surface area contributed by atoms with Gasteiger partial charge in [0, 0.05) is 4.47 Å². The molecule has 19 heavy (non-hydrogen) atoms. The molecule has 0 unspecified atom stereocenters. The summed E-state index contributed by atoms with van der Waals surface area (Å²) in [5.41, 5.74) is 7.91. The molecule has 0 fully saturated rings. The molecule has 0 aliphatic carbocycles. The van der Waals surface area contributed by atoms with Crippen molar-refractivity contribution in [2.24, 2.45) is 5.73 Å². The fourth-order valence-corrected chi connectivity index (χ4v) is 2.01. The number of rotatable bonds is 4. The molecule has 0 aliphatic heterocycles. The number of carbonyl (C=O) groups is 1. The highest BCUT2D eigenvalue weighted by atomic mass is 79.9. The Labute approximate surface area is 119 Å². The van der Waals surface area contributed by atoms with E-state index in [9.17, 15) is 4.79 Å². The predicted octanol–water partition coefficient (Wildman–Crippen LogP) is 0.913. The molecule has 2 aromatic rings. The Morgan fingerprint density at radius 3 is 3.05 bits per heavy atom. The summed E-state index contributed by atoms with van der Waals surface area (Å²) in [5, 5.41) is 10.7. The van der Waals surface area contributed by atoms with Crippen LogP contribution < -0.4 is 11.1 Å². The molecule has 1 aromatic heterocycles. The third kappa shape index (κ3) is 3.18. The maximum Gasteiger partial charge on any atom is 0.234 e. The summed E-state index contributed by atoms with van der Waals surface area (Å²) >= 11 is 3.52. The number of carbonyl (C=O) groups excluding carboxylic acids is 1. The van der Waals surface area contributed by atoms with Crippen molar-refractivity contribution < 1.29 is 4.79 Å². The highest BCUT2D eigenvalue weighted by Crippen LogP contribution is 2.23. The van der Waals surface area contributed by atoms with Gasteiger partial charge < -0.3 is 11.1 Å². The van der Waals surface area contributed by atoms with Crippen molar-refractivity contribution in [1.82, 2.24) is 20.3 Å². The molecule has 1 aromatic carbocycles. The van der Waals surface area contributed by atoms with Crippen molar-refractivity contribution in [2.45, 2.75) is 13.5 Å². The minimum atomic E-state index is -0.216. The summed E-state index contributed by atoms with van der Waals surface area (Å²) in [6.07, 6.45) is 1.77. The van der Waals surface area contributed by atoms with Crippen LogP contribution in [0.25, 0.3) is 5.69 Å². The van der Waals surface area contributed by atoms with Crippen LogP contribution in [0.5, 0.6) is 0 Å². The zero-order valence-electron chi connectivity index (χ0n) is 10.4. The summed E-state index contributed by atoms with van der Waals surface area (Å²) in [6.45, 7) is 2.30. The third-order valence-electron chi connectivity index (χ3n) is 2.61. The molecule has 0 saturated carbocycles. The van der Waals surface area contributed by atoms with Crippen molar-refractivity contribution in [3.63, 3.8) is 0 Å². The number of hydrogen-bond acceptors (Lipinski definition) is 4. The van der Waals surface area contributed by atoms with E-state index in [2.05, 4.69) is 31.6 Å². The van der Waals surface area contributed by atoms with Gasteiger partial charge in [0.1, 0.15) is 5.69 Å². The number of hydrogen-bond donors (Lipinski definition) is 2. The maximum absolute atomic E-state index is 11.1. The lowest BCUT2D eigenvalue weighted by atomic mass is 10.2. The molecule has 0 saturated heterocycles. The number of benzene rings is 1. The summed E-state index contributed by atoms with van der Waals surface area (Å²) < 4.78 is 2.64. The van der Waals surface area contributed by atoms with Crippen LogP contribution in [0.15, 0.2) is 28.9 Å². The Bertz CT molecular complexity index is 596. The molecule has 6 nitrogen and oxygen atoms in total. The number of amides is 1. The van der Waals surface area contributed by atoms with Crippen LogP contribution in [-0.4, -0.2) is 27.4 Å². The first-order valence-electron chi connectivity index (χ1n) is 5.75. The number of nitrogens with zero attached hydrogens (tertiary/aromatic N) is 3. The Balaban J connectivity index is 2.17. The largest absolute Gasteiger partial charge is 0.349 e. The molecular weight excluding hydrogens is 310 g/mol. The topological polar surface area (TPSA) is 85.8 Å². The molecule has 0 bridgehead atoms. The second kappa shape index (κ2) is 5.94. The average molecular weight is 324 g/mol. The summed E-state index contributed by atoms with van der Waals surface area (Å²) in [4.78, 5) is 11.1. The molecule has 1 heterocycles. The van der Waals surface area contributed by atoms with E-state index in [1.165, 1.54) is 0 Å². The van der Waals surface area contributed by atoms with E-state index in [-0.39, 0.29) is 12.5 Å². The molecule has 0 aliphatic rings. The maximum atomic E-state index is 11.1. The molecule has 3 N–H and O–H groups in total. The lowest BCUT2D eigenvalue weighted by Crippen LogP contribution is -2.29. The van der Waals surface area contributed by atoms with Gasteiger partial charge in [-0.05, 0) is 34.5 Å². The van der Waals surface area contributed by atoms with Crippen molar-refractivity contribution in [1.29, 1.82) is 0 Å². The Kier molecular flexibility index (Phi) is 4.28. The second-order valence-corrected chi connectivity index (χ2v) is 4.84. The van der Waals surface area contributed by atoms with Gasteiger partial charge in [0.25, 0.3) is 0 Å². The molecule has 0 radical (unpaired) electrons. The fourth-order valence-electron chi connectivity index (χ4n) is 1.57. The predicted molar refractivity (Wildman–Crippen MR) is 74.7 cm³/mol. The molecular formula is C12H14BrN5O. The van der Waals surface area contributed by atoms with Gasteiger partial charge in [-0.2, -0.15) is 0 Å². The van der Waals surface area contributed by atoms with Crippen molar-refractivity contribution in [2.75, 3.05) is 6.54 Å². The summed E-state index contributed by atoms with van der Waals surface area (Å²) in [5.74, 6) is -0.216. The van der Waals surface area contributed by atoms with Crippen LogP contribution in [0.2, 0.25) is 0 Å². The first-order valence-corrected chi connectivity index (χ1v) is 6.54. The van der Waals surface area contributed by atoms with Crippen LogP contribution in [0, 0.1) is 6.92 Å². The first-order chi connectivity index (χ1) is 9.11. The number of aromatic nitrogens is 3. The van der Waals surface area contributed by atoms with E-state index >= 15 is 0 Å². The fraction of sp³-hybridized carbons (Fsp3) is 0.250. The van der Waals surface area contributed by atoms with Gasteiger partial charge in [-0.15, -0.1) is 5.10 Å². The van der Waals surface area contributed by atoms with Crippen molar-refractivity contribution in [3.05, 3.63) is 40.1 Å². The van der Waals surface area contributed by atoms with Gasteiger partial charge in [-0.25, -0.2) is 4.68 Å². The highest BCUT2D eigenvalue weighted by Gasteiger charge is 2.08. The minimum absolute atomic E-state index is 0.0302. The molecule has 1 amide bonds. The van der Waals surface area contributed by atoms with Gasteiger partial charge in [-0.3, -0.25) is 4.79 Å². The van der Waals surface area contributed by atoms with E-state index in [1.54, 1.807) is 10.9 Å². The molecule has 0 atom stereocenters. The minimum Gasteiger partial charge on any atom is -0.349 e. The van der Waals surface area contributed by atoms with Gasteiger partial charge in [0.05, 0.1) is 25.0 Å². The Hall–Kier alpha value is -1.73. The number of aryl methyl sites for hydroxylation is 1. The van der Waals surface area contributed by atoms with Gasteiger partial charge in [0.15, 0.2) is 0 Å². The first kappa shape index (κ1) is 13.7. The van der Waals surface area contributed by atoms with E-state index in [1.807, 2.05) is 25.1 Å². The van der Waals surface area contributed by atoms with Crippen LogP contribution in [0.4, 0.5) is 0 Å². The molecule has 100 valence electrons. The smallest absolute Gasteiger partial charge is 0.234 e. The number of nitrogens with one attached hydrogen (secondary N) is 1. The molecule has 2 rings (SSSR count). The van der Waals surface area contributed by atoms with Crippen molar-refractivity contribution in [3.8, 4) is 5.69 Å². The van der Waals surface area contributed by atoms with Crippen LogP contribution in [0.3, 0.4) is 0 Å². The standard InChI is InChI=1S/C12H14BrN5O/c1-8-3-2-4-10(12(8)13)18-7-9(16-17-18)6-15-11(19)5-14/h2-4,7H,5-6,14H2,1H3,(H,15,19). The van der Waals surface area contributed by atoms with Crippen LogP contribution >= 0.6 is 15.9 Å². The van der Waals surface area contributed by atoms with Gasteiger partial charge in [-0.1, -0.05) is 17.3 Å². The monoisotopic (exact) mass is 323 g/mol. The van der Waals surface area contributed by atoms with Crippen LogP contribution in [0.1, 0.15) is 11.3 Å². The third-order valence-corrected chi connectivity index (χ3v) is 3.64. The molecule has 7 heteroatoms. The normalized spacial score (nSPS) is 10.5. The number of nitrogens with two attached hydrogens (primary N) is 1. The summed E-state index contributed by atoms with van der Waals surface area (Å²) in [7, 11) is 0. The lowest BCUT2D eigenvalue weighted by Gasteiger charge is -2.05. The van der Waals surface area contributed by atoms with E-state index in [0.717, 1.165) is 15.7 Å². The Morgan fingerprint density at radius 1 is 1.53 bits per heavy atom. The van der Waals surface area contributed by atoms with Gasteiger partial charge >= 0.3 is 0 Å². The zero-order valence-corrected chi connectivity index (χ0v) is 12.0. The van der Waals surface area contributed by atoms with E-state index in [4.69, 9.17) is 5.73 Å². The highest BCUT2D eigenvalue weighted by molar-refractivity contribution is 9.10. The molecule has 0 spiro atoms. The Morgan fingerprint density at radius 2 is 2.32 bits per heavy atom. The number of halogens is 1. The van der Waals surface area contributed by atoms with E-state index < -0.39 is 0 Å². The lowest BCUT2D eigenvalue weighted by molar-refractivity contribution is -0.119. The van der Waals surface area contributed by atoms with Crippen molar-refractivity contribution >= 4 is 21.8 Å². The second-order valence-electron chi connectivity index (χ2n) is 4.04. The average Bonchev–Trinajstić information content (AvgIpc) is 2.87. The zero-order chi connectivity index (χ0) is 13.8. The SMILES string of the molecule is Cc1cccc(-n2cc(CNC(=O)CN)nn2)c1Br. The van der Waals surface area contributed by atoms with Crippen LogP contribution in [-0.2, 0) is 11.3 Å². The quantitative estimate of drug-likeness (QED) is 0.875. The van der Waals surface area contributed by atoms with Gasteiger partial charge in [0.2, 0.25) is 5.91 Å². The summed E-state index contributed by atoms with van der Waals surface area (Å²) in [6, 6.07) is 5.90.